The van der Waals surface area contributed by atoms with Crippen LogP contribution in [0.25, 0.3) is 0 Å². The number of para-hydroxylation sites is 1. The lowest BCUT2D eigenvalue weighted by Gasteiger charge is -2.28. The van der Waals surface area contributed by atoms with Crippen molar-refractivity contribution < 1.29 is 14.3 Å². The predicted octanol–water partition coefficient (Wildman–Crippen LogP) is 3.62. The van der Waals surface area contributed by atoms with Crippen molar-refractivity contribution in [2.45, 2.75) is 27.7 Å². The third-order valence-electron chi connectivity index (χ3n) is 3.31. The van der Waals surface area contributed by atoms with E-state index in [2.05, 4.69) is 26.1 Å². The van der Waals surface area contributed by atoms with Crippen LogP contribution in [-0.4, -0.2) is 17.6 Å². The molecule has 1 aromatic rings. The van der Waals surface area contributed by atoms with Crippen molar-refractivity contribution in [1.29, 1.82) is 0 Å². The van der Waals surface area contributed by atoms with Crippen LogP contribution in [0.3, 0.4) is 0 Å². The van der Waals surface area contributed by atoms with Crippen molar-refractivity contribution in [1.82, 2.24) is 0 Å². The Kier molecular flexibility index (Phi) is 4.33. The van der Waals surface area contributed by atoms with Crippen LogP contribution in [0.2, 0.25) is 0 Å². The topological polar surface area (TPSA) is 49.3 Å². The molecule has 0 heterocycles. The van der Waals surface area contributed by atoms with Crippen LogP contribution >= 0.6 is 0 Å². The van der Waals surface area contributed by atoms with Crippen molar-refractivity contribution in [3.63, 3.8) is 0 Å². The van der Waals surface area contributed by atoms with Gasteiger partial charge in [0.25, 0.3) is 0 Å². The second kappa shape index (κ2) is 5.38. The van der Waals surface area contributed by atoms with E-state index in [1.165, 1.54) is 18.2 Å². The summed E-state index contributed by atoms with van der Waals surface area (Å²) in [6.07, 6.45) is 0. The lowest BCUT2D eigenvalue weighted by atomic mass is 9.82. The van der Waals surface area contributed by atoms with Crippen molar-refractivity contribution in [2.75, 3.05) is 11.9 Å². The van der Waals surface area contributed by atoms with Gasteiger partial charge in [-0.05, 0) is 23.5 Å². The lowest BCUT2D eigenvalue weighted by Crippen LogP contribution is -2.25. The van der Waals surface area contributed by atoms with Gasteiger partial charge in [-0.1, -0.05) is 33.8 Å². The molecular formula is C14H20FNO2. The number of aromatic carboxylic acids is 1. The highest BCUT2D eigenvalue weighted by atomic mass is 19.1. The molecule has 0 aromatic heterocycles. The summed E-state index contributed by atoms with van der Waals surface area (Å²) >= 11 is 0. The molecule has 3 nitrogen and oxygen atoms in total. The molecule has 2 N–H and O–H groups in total. The molecule has 18 heavy (non-hydrogen) atoms. The molecule has 1 atom stereocenters. The fourth-order valence-corrected chi connectivity index (χ4v) is 1.44. The number of benzene rings is 1. The monoisotopic (exact) mass is 253 g/mol. The average Bonchev–Trinajstić information content (AvgIpc) is 2.25. The SMILES string of the molecule is CC(CNc1c(F)cccc1C(=O)O)C(C)(C)C. The fraction of sp³-hybridized carbons (Fsp3) is 0.500. The molecule has 0 fully saturated rings. The van der Waals surface area contributed by atoms with E-state index in [-0.39, 0.29) is 16.7 Å². The van der Waals surface area contributed by atoms with Crippen LogP contribution in [0.5, 0.6) is 0 Å². The number of anilines is 1. The quantitative estimate of drug-likeness (QED) is 0.861. The minimum atomic E-state index is -1.12. The molecule has 0 saturated carbocycles. The van der Waals surface area contributed by atoms with Crippen LogP contribution in [0.15, 0.2) is 18.2 Å². The zero-order chi connectivity index (χ0) is 13.9. The van der Waals surface area contributed by atoms with Crippen molar-refractivity contribution in [3.8, 4) is 0 Å². The van der Waals surface area contributed by atoms with Gasteiger partial charge in [0.2, 0.25) is 0 Å². The first-order valence-corrected chi connectivity index (χ1v) is 5.99. The van der Waals surface area contributed by atoms with Gasteiger partial charge in [0.05, 0.1) is 11.3 Å². The molecule has 0 aliphatic rings. The van der Waals surface area contributed by atoms with E-state index in [1.807, 2.05) is 6.92 Å². The molecule has 4 heteroatoms. The molecule has 100 valence electrons. The minimum Gasteiger partial charge on any atom is -0.478 e. The van der Waals surface area contributed by atoms with E-state index in [0.29, 0.717) is 12.5 Å². The van der Waals surface area contributed by atoms with E-state index < -0.39 is 11.8 Å². The largest absolute Gasteiger partial charge is 0.478 e. The molecule has 0 spiro atoms. The molecule has 0 aliphatic carbocycles. The first-order chi connectivity index (χ1) is 8.23. The zero-order valence-electron chi connectivity index (χ0n) is 11.2. The van der Waals surface area contributed by atoms with E-state index >= 15 is 0 Å². The third-order valence-corrected chi connectivity index (χ3v) is 3.31. The Labute approximate surface area is 107 Å². The highest BCUT2D eigenvalue weighted by Gasteiger charge is 2.21. The van der Waals surface area contributed by atoms with Gasteiger partial charge in [-0.25, -0.2) is 9.18 Å². The van der Waals surface area contributed by atoms with Crippen molar-refractivity contribution in [2.24, 2.45) is 11.3 Å². The summed E-state index contributed by atoms with van der Waals surface area (Å²) in [5.41, 5.74) is 0.124. The number of halogens is 1. The lowest BCUT2D eigenvalue weighted by molar-refractivity contribution is 0.0697. The Bertz CT molecular complexity index is 438. The Morgan fingerprint density at radius 2 is 2.06 bits per heavy atom. The van der Waals surface area contributed by atoms with E-state index in [4.69, 9.17) is 5.11 Å². The highest BCUT2D eigenvalue weighted by molar-refractivity contribution is 5.94. The van der Waals surface area contributed by atoms with Crippen LogP contribution in [0.4, 0.5) is 10.1 Å². The molecule has 0 radical (unpaired) electrons. The Hall–Kier alpha value is -1.58. The standard InChI is InChI=1S/C14H20FNO2/c1-9(14(2,3)4)8-16-12-10(13(17)18)6-5-7-11(12)15/h5-7,9,16H,8H2,1-4H3,(H,17,18). The maximum Gasteiger partial charge on any atom is 0.337 e. The molecule has 0 saturated heterocycles. The Morgan fingerprint density at radius 1 is 1.44 bits per heavy atom. The average molecular weight is 253 g/mol. The van der Waals surface area contributed by atoms with Gasteiger partial charge in [0.15, 0.2) is 0 Å². The number of carboxylic acids is 1. The van der Waals surface area contributed by atoms with Gasteiger partial charge < -0.3 is 10.4 Å². The van der Waals surface area contributed by atoms with Crippen LogP contribution in [0.1, 0.15) is 38.1 Å². The van der Waals surface area contributed by atoms with Gasteiger partial charge in [-0.15, -0.1) is 0 Å². The number of carbonyl (C=O) groups is 1. The summed E-state index contributed by atoms with van der Waals surface area (Å²) in [6, 6.07) is 4.06. The third kappa shape index (κ3) is 3.45. The fourth-order valence-electron chi connectivity index (χ4n) is 1.44. The highest BCUT2D eigenvalue weighted by Crippen LogP contribution is 2.27. The van der Waals surface area contributed by atoms with Gasteiger partial charge in [0.1, 0.15) is 5.82 Å². The van der Waals surface area contributed by atoms with Gasteiger partial charge in [-0.3, -0.25) is 0 Å². The number of rotatable bonds is 4. The minimum absolute atomic E-state index is 0.0314. The van der Waals surface area contributed by atoms with Crippen LogP contribution < -0.4 is 5.32 Å². The van der Waals surface area contributed by atoms with E-state index in [0.717, 1.165) is 0 Å². The van der Waals surface area contributed by atoms with Crippen LogP contribution in [-0.2, 0) is 0 Å². The zero-order valence-corrected chi connectivity index (χ0v) is 11.2. The van der Waals surface area contributed by atoms with Gasteiger partial charge >= 0.3 is 5.97 Å². The van der Waals surface area contributed by atoms with Crippen molar-refractivity contribution in [3.05, 3.63) is 29.6 Å². The number of nitrogens with one attached hydrogen (secondary N) is 1. The smallest absolute Gasteiger partial charge is 0.337 e. The summed E-state index contributed by atoms with van der Waals surface area (Å²) in [4.78, 5) is 11.0. The maximum absolute atomic E-state index is 13.6. The summed E-state index contributed by atoms with van der Waals surface area (Å²) in [7, 11) is 0. The maximum atomic E-state index is 13.6. The Balaban J connectivity index is 2.88. The van der Waals surface area contributed by atoms with Crippen molar-refractivity contribution >= 4 is 11.7 Å². The van der Waals surface area contributed by atoms with Gasteiger partial charge in [-0.2, -0.15) is 0 Å². The summed E-state index contributed by atoms with van der Waals surface area (Å²) in [5.74, 6) is -1.37. The van der Waals surface area contributed by atoms with E-state index in [9.17, 15) is 9.18 Å². The first kappa shape index (κ1) is 14.5. The second-order valence-corrected chi connectivity index (χ2v) is 5.62. The number of hydrogen-bond donors (Lipinski definition) is 2. The number of carboxylic acid groups (broad SMARTS) is 1. The Morgan fingerprint density at radius 3 is 2.56 bits per heavy atom. The van der Waals surface area contributed by atoms with E-state index in [1.54, 1.807) is 0 Å². The molecule has 0 bridgehead atoms. The summed E-state index contributed by atoms with van der Waals surface area (Å²) < 4.78 is 13.6. The predicted molar refractivity (Wildman–Crippen MR) is 70.5 cm³/mol. The number of hydrogen-bond acceptors (Lipinski definition) is 2. The summed E-state index contributed by atoms with van der Waals surface area (Å²) in [6.45, 7) is 8.87. The molecule has 1 unspecified atom stereocenters. The molecule has 1 rings (SSSR count). The van der Waals surface area contributed by atoms with Crippen LogP contribution in [0, 0.1) is 17.2 Å². The molecule has 0 aliphatic heterocycles. The van der Waals surface area contributed by atoms with Gasteiger partial charge in [0, 0.05) is 6.54 Å². The molecule has 0 amide bonds. The second-order valence-electron chi connectivity index (χ2n) is 5.62. The summed E-state index contributed by atoms with van der Waals surface area (Å²) in [5, 5.41) is 11.9. The first-order valence-electron chi connectivity index (χ1n) is 5.99. The molecular weight excluding hydrogens is 233 g/mol. The molecule has 1 aromatic carbocycles. The normalized spacial score (nSPS) is 13.2.